The summed E-state index contributed by atoms with van der Waals surface area (Å²) < 4.78 is 5.10. The third-order valence-electron chi connectivity index (χ3n) is 3.50. The Balaban J connectivity index is 2.86. The van der Waals surface area contributed by atoms with Crippen LogP contribution < -0.4 is 0 Å². The van der Waals surface area contributed by atoms with Gasteiger partial charge in [0.05, 0.1) is 18.1 Å². The fraction of sp³-hybridized carbons (Fsp3) is 0.588. The van der Waals surface area contributed by atoms with Crippen LogP contribution in [0.15, 0.2) is 35.2 Å². The standard InChI is InChI=1S/C17H26O3S/c1-5-10-14(21-13-11-8-7-9-12-13)15(18)17(3,4)16(19)20-6-2/h7-9,11-12,14-15,18H,5-6,10H2,1-4H3/t14-,15+/m0/s1. The number of carbonyl (C=O) groups excluding carboxylic acids is 1. The van der Waals surface area contributed by atoms with Gasteiger partial charge in [-0.15, -0.1) is 11.8 Å². The molecule has 118 valence electrons. The van der Waals surface area contributed by atoms with Crippen LogP contribution in [-0.2, 0) is 9.53 Å². The summed E-state index contributed by atoms with van der Waals surface area (Å²) in [5.74, 6) is -0.340. The lowest BCUT2D eigenvalue weighted by Crippen LogP contribution is -2.44. The summed E-state index contributed by atoms with van der Waals surface area (Å²) in [5.41, 5.74) is -0.905. The van der Waals surface area contributed by atoms with E-state index in [1.807, 2.05) is 30.3 Å². The molecule has 1 N–H and O–H groups in total. The maximum Gasteiger partial charge on any atom is 0.314 e. The van der Waals surface area contributed by atoms with Crippen LogP contribution in [0, 0.1) is 5.41 Å². The van der Waals surface area contributed by atoms with E-state index >= 15 is 0 Å². The largest absolute Gasteiger partial charge is 0.466 e. The highest BCUT2D eigenvalue weighted by atomic mass is 32.2. The predicted molar refractivity (Wildman–Crippen MR) is 87.4 cm³/mol. The average molecular weight is 310 g/mol. The van der Waals surface area contributed by atoms with Gasteiger partial charge in [-0.3, -0.25) is 4.79 Å². The molecule has 0 aliphatic rings. The lowest BCUT2D eigenvalue weighted by molar-refractivity contribution is -0.160. The number of rotatable bonds is 8. The second kappa shape index (κ2) is 8.44. The van der Waals surface area contributed by atoms with Gasteiger partial charge in [0, 0.05) is 10.1 Å². The SMILES string of the molecule is CCC[C@H](Sc1ccccc1)[C@@H](O)C(C)(C)C(=O)OCC. The fourth-order valence-electron chi connectivity index (χ4n) is 2.14. The van der Waals surface area contributed by atoms with Gasteiger partial charge in [0.2, 0.25) is 0 Å². The van der Waals surface area contributed by atoms with Crippen molar-refractivity contribution in [3.05, 3.63) is 30.3 Å². The number of ether oxygens (including phenoxy) is 1. The Morgan fingerprint density at radius 3 is 2.43 bits per heavy atom. The number of benzene rings is 1. The highest BCUT2D eigenvalue weighted by molar-refractivity contribution is 8.00. The van der Waals surface area contributed by atoms with Gasteiger partial charge < -0.3 is 9.84 Å². The van der Waals surface area contributed by atoms with E-state index in [9.17, 15) is 9.90 Å². The van der Waals surface area contributed by atoms with Crippen molar-refractivity contribution in [2.45, 2.75) is 56.8 Å². The highest BCUT2D eigenvalue weighted by Crippen LogP contribution is 2.36. The Morgan fingerprint density at radius 1 is 1.29 bits per heavy atom. The lowest BCUT2D eigenvalue weighted by Gasteiger charge is -2.33. The molecule has 4 heteroatoms. The first-order valence-corrected chi connectivity index (χ1v) is 8.38. The lowest BCUT2D eigenvalue weighted by atomic mass is 9.83. The van der Waals surface area contributed by atoms with E-state index in [0.29, 0.717) is 6.61 Å². The molecule has 0 radical (unpaired) electrons. The maximum absolute atomic E-state index is 12.1. The van der Waals surface area contributed by atoms with Crippen molar-refractivity contribution in [3.8, 4) is 0 Å². The first-order chi connectivity index (χ1) is 9.93. The summed E-state index contributed by atoms with van der Waals surface area (Å²) in [4.78, 5) is 13.2. The molecular weight excluding hydrogens is 284 g/mol. The van der Waals surface area contributed by atoms with Crippen LogP contribution in [-0.4, -0.2) is 29.0 Å². The van der Waals surface area contributed by atoms with E-state index in [-0.39, 0.29) is 11.2 Å². The molecule has 0 spiro atoms. The van der Waals surface area contributed by atoms with Gasteiger partial charge in [-0.1, -0.05) is 31.5 Å². The zero-order chi connectivity index (χ0) is 15.9. The van der Waals surface area contributed by atoms with Crippen LogP contribution in [0.1, 0.15) is 40.5 Å². The summed E-state index contributed by atoms with van der Waals surface area (Å²) in [6.07, 6.45) is 1.06. The van der Waals surface area contributed by atoms with Gasteiger partial charge in [0.25, 0.3) is 0 Å². The summed E-state index contributed by atoms with van der Waals surface area (Å²) >= 11 is 1.63. The van der Waals surface area contributed by atoms with E-state index in [1.54, 1.807) is 32.5 Å². The minimum Gasteiger partial charge on any atom is -0.466 e. The summed E-state index contributed by atoms with van der Waals surface area (Å²) in [6, 6.07) is 9.98. The average Bonchev–Trinajstić information content (AvgIpc) is 2.47. The van der Waals surface area contributed by atoms with E-state index < -0.39 is 11.5 Å². The molecule has 0 aliphatic heterocycles. The molecule has 0 aliphatic carbocycles. The van der Waals surface area contributed by atoms with Crippen LogP contribution in [0.5, 0.6) is 0 Å². The Kier molecular flexibility index (Phi) is 7.26. The van der Waals surface area contributed by atoms with Crippen molar-refractivity contribution < 1.29 is 14.6 Å². The second-order valence-electron chi connectivity index (χ2n) is 5.65. The third kappa shape index (κ3) is 5.04. The molecule has 0 saturated carbocycles. The van der Waals surface area contributed by atoms with Gasteiger partial charge in [-0.05, 0) is 39.3 Å². The summed E-state index contributed by atoms with van der Waals surface area (Å²) in [6.45, 7) is 7.71. The van der Waals surface area contributed by atoms with Gasteiger partial charge in [-0.25, -0.2) is 0 Å². The molecule has 0 saturated heterocycles. The number of aliphatic hydroxyl groups is 1. The van der Waals surface area contributed by atoms with Crippen molar-refractivity contribution >= 4 is 17.7 Å². The van der Waals surface area contributed by atoms with Gasteiger partial charge >= 0.3 is 5.97 Å². The number of thioether (sulfide) groups is 1. The minimum atomic E-state index is -0.905. The number of hydrogen-bond donors (Lipinski definition) is 1. The molecule has 0 amide bonds. The highest BCUT2D eigenvalue weighted by Gasteiger charge is 2.41. The molecule has 21 heavy (non-hydrogen) atoms. The maximum atomic E-state index is 12.1. The van der Waals surface area contributed by atoms with E-state index in [4.69, 9.17) is 4.74 Å². The molecule has 0 heterocycles. The first kappa shape index (κ1) is 18.1. The molecule has 1 aromatic rings. The number of carbonyl (C=O) groups is 1. The summed E-state index contributed by atoms with van der Waals surface area (Å²) in [5, 5.41) is 10.7. The van der Waals surface area contributed by atoms with Crippen molar-refractivity contribution in [1.29, 1.82) is 0 Å². The van der Waals surface area contributed by atoms with Crippen molar-refractivity contribution in [3.63, 3.8) is 0 Å². The molecule has 0 bridgehead atoms. The molecule has 0 fully saturated rings. The van der Waals surface area contributed by atoms with Crippen LogP contribution in [0.25, 0.3) is 0 Å². The zero-order valence-corrected chi connectivity index (χ0v) is 14.2. The topological polar surface area (TPSA) is 46.5 Å². The molecule has 1 aromatic carbocycles. The molecule has 3 nitrogen and oxygen atoms in total. The Bertz CT molecular complexity index is 431. The smallest absolute Gasteiger partial charge is 0.314 e. The first-order valence-electron chi connectivity index (χ1n) is 7.50. The number of hydrogen-bond acceptors (Lipinski definition) is 4. The quantitative estimate of drug-likeness (QED) is 0.584. The number of aliphatic hydroxyl groups excluding tert-OH is 1. The van der Waals surface area contributed by atoms with Crippen LogP contribution in [0.2, 0.25) is 0 Å². The molecule has 0 unspecified atom stereocenters. The van der Waals surface area contributed by atoms with Crippen molar-refractivity contribution in [2.24, 2.45) is 5.41 Å². The molecule has 2 atom stereocenters. The van der Waals surface area contributed by atoms with Gasteiger partial charge in [0.15, 0.2) is 0 Å². The van der Waals surface area contributed by atoms with E-state index in [1.165, 1.54) is 0 Å². The fourth-order valence-corrected chi connectivity index (χ4v) is 3.63. The second-order valence-corrected chi connectivity index (χ2v) is 6.96. The molecule has 0 aromatic heterocycles. The van der Waals surface area contributed by atoms with Crippen LogP contribution in [0.4, 0.5) is 0 Å². The monoisotopic (exact) mass is 310 g/mol. The van der Waals surface area contributed by atoms with E-state index in [2.05, 4.69) is 6.92 Å². The molecule has 1 rings (SSSR count). The van der Waals surface area contributed by atoms with Crippen molar-refractivity contribution in [1.82, 2.24) is 0 Å². The predicted octanol–water partition coefficient (Wildman–Crippen LogP) is 3.90. The van der Waals surface area contributed by atoms with Crippen molar-refractivity contribution in [2.75, 3.05) is 6.61 Å². The molecular formula is C17H26O3S. The minimum absolute atomic E-state index is 0.0307. The Hall–Kier alpha value is -1.00. The Morgan fingerprint density at radius 2 is 1.90 bits per heavy atom. The van der Waals surface area contributed by atoms with Gasteiger partial charge in [-0.2, -0.15) is 0 Å². The third-order valence-corrected chi connectivity index (χ3v) is 4.84. The zero-order valence-electron chi connectivity index (χ0n) is 13.3. The Labute approximate surface area is 132 Å². The van der Waals surface area contributed by atoms with Crippen LogP contribution >= 0.6 is 11.8 Å². The number of esters is 1. The summed E-state index contributed by atoms with van der Waals surface area (Å²) in [7, 11) is 0. The van der Waals surface area contributed by atoms with Gasteiger partial charge in [0.1, 0.15) is 0 Å². The van der Waals surface area contributed by atoms with Crippen LogP contribution in [0.3, 0.4) is 0 Å². The van der Waals surface area contributed by atoms with E-state index in [0.717, 1.165) is 17.7 Å². The normalized spacial score (nSPS) is 14.5.